The molecule has 0 radical (unpaired) electrons. The zero-order chi connectivity index (χ0) is 23.9. The second-order valence-electron chi connectivity index (χ2n) is 8.36. The highest BCUT2D eigenvalue weighted by Gasteiger charge is 2.60. The number of para-hydroxylation sites is 1. The molecular weight excluding hydrogens is 454 g/mol. The van der Waals surface area contributed by atoms with Crippen LogP contribution in [0.1, 0.15) is 25.5 Å². The summed E-state index contributed by atoms with van der Waals surface area (Å²) in [5, 5.41) is 6.57. The second kappa shape index (κ2) is 8.57. The second-order valence-corrected chi connectivity index (χ2v) is 8.79. The number of rotatable bonds is 5. The third-order valence-electron chi connectivity index (χ3n) is 6.21. The zero-order valence-electron chi connectivity index (χ0n) is 18.7. The quantitative estimate of drug-likeness (QED) is 0.517. The first-order valence-corrected chi connectivity index (χ1v) is 11.5. The van der Waals surface area contributed by atoms with Crippen molar-refractivity contribution in [1.82, 2.24) is 5.32 Å². The van der Waals surface area contributed by atoms with Crippen LogP contribution in [-0.2, 0) is 4.79 Å². The van der Waals surface area contributed by atoms with Gasteiger partial charge >= 0.3 is 6.03 Å². The van der Waals surface area contributed by atoms with Crippen molar-refractivity contribution in [3.8, 4) is 11.5 Å². The highest BCUT2D eigenvalue weighted by atomic mass is 35.5. The molecule has 3 amide bonds. The minimum absolute atomic E-state index is 0.278. The highest BCUT2D eigenvalue weighted by Crippen LogP contribution is 2.49. The summed E-state index contributed by atoms with van der Waals surface area (Å²) in [7, 11) is 0. The number of ether oxygens (including phenoxy) is 2. The molecular formula is C26H24ClN3O4. The number of benzene rings is 3. The summed E-state index contributed by atoms with van der Waals surface area (Å²) in [4.78, 5) is 28.5. The van der Waals surface area contributed by atoms with Crippen LogP contribution >= 0.6 is 11.6 Å². The maximum absolute atomic E-state index is 13.7. The molecule has 0 aliphatic carbocycles. The first-order valence-electron chi connectivity index (χ1n) is 11.1. The lowest BCUT2D eigenvalue weighted by Crippen LogP contribution is -2.72. The summed E-state index contributed by atoms with van der Waals surface area (Å²) >= 11 is 5.99. The molecule has 3 atom stereocenters. The number of carbonyl (C=O) groups excluding carboxylic acids is 2. The molecule has 3 aromatic rings. The Morgan fingerprint density at radius 3 is 2.53 bits per heavy atom. The third-order valence-corrected chi connectivity index (χ3v) is 6.46. The normalized spacial score (nSPS) is 22.8. The fourth-order valence-corrected chi connectivity index (χ4v) is 4.86. The molecule has 2 aliphatic heterocycles. The molecule has 3 aromatic carbocycles. The fraction of sp³-hybridized carbons (Fsp3) is 0.231. The van der Waals surface area contributed by atoms with Crippen LogP contribution < -0.4 is 25.0 Å². The number of carbonyl (C=O) groups is 2. The van der Waals surface area contributed by atoms with Crippen molar-refractivity contribution in [1.29, 1.82) is 0 Å². The average molecular weight is 478 g/mol. The van der Waals surface area contributed by atoms with Gasteiger partial charge in [-0.2, -0.15) is 0 Å². The van der Waals surface area contributed by atoms with Crippen molar-refractivity contribution in [3.63, 3.8) is 0 Å². The number of fused-ring (bicyclic) bond motifs is 4. The molecule has 5 rings (SSSR count). The third kappa shape index (κ3) is 3.72. The van der Waals surface area contributed by atoms with Gasteiger partial charge in [-0.3, -0.25) is 9.69 Å². The SMILES string of the molecule is CCOc1ccc(N2C(=O)N[C@H]3c4ccccc4O[C@@]2(C)[C@@H]3C(=O)Nc2ccc(Cl)cc2)cc1. The van der Waals surface area contributed by atoms with Crippen LogP contribution in [0.25, 0.3) is 0 Å². The Bertz CT molecular complexity index is 1230. The monoisotopic (exact) mass is 477 g/mol. The maximum Gasteiger partial charge on any atom is 0.325 e. The molecule has 7 nitrogen and oxygen atoms in total. The van der Waals surface area contributed by atoms with Gasteiger partial charge in [-0.05, 0) is 68.4 Å². The predicted molar refractivity (Wildman–Crippen MR) is 130 cm³/mol. The molecule has 2 aliphatic rings. The van der Waals surface area contributed by atoms with Crippen molar-refractivity contribution in [3.05, 3.63) is 83.4 Å². The van der Waals surface area contributed by atoms with Crippen molar-refractivity contribution in [2.75, 3.05) is 16.8 Å². The Morgan fingerprint density at radius 2 is 1.82 bits per heavy atom. The minimum atomic E-state index is -1.29. The molecule has 1 saturated heterocycles. The fourth-order valence-electron chi connectivity index (χ4n) is 4.73. The van der Waals surface area contributed by atoms with Gasteiger partial charge < -0.3 is 20.1 Å². The van der Waals surface area contributed by atoms with Gasteiger partial charge in [-0.1, -0.05) is 29.8 Å². The van der Waals surface area contributed by atoms with Crippen LogP contribution in [0.2, 0.25) is 5.02 Å². The van der Waals surface area contributed by atoms with Crippen molar-refractivity contribution < 1.29 is 19.1 Å². The van der Waals surface area contributed by atoms with Gasteiger partial charge in [-0.25, -0.2) is 4.79 Å². The molecule has 0 saturated carbocycles. The van der Waals surface area contributed by atoms with Gasteiger partial charge in [0.05, 0.1) is 12.6 Å². The lowest BCUT2D eigenvalue weighted by Gasteiger charge is -2.54. The van der Waals surface area contributed by atoms with Crippen LogP contribution in [0, 0.1) is 5.92 Å². The summed E-state index contributed by atoms with van der Waals surface area (Å²) in [6.07, 6.45) is 0. The number of nitrogens with one attached hydrogen (secondary N) is 2. The maximum atomic E-state index is 13.7. The van der Waals surface area contributed by atoms with E-state index in [-0.39, 0.29) is 11.9 Å². The van der Waals surface area contributed by atoms with Gasteiger partial charge in [0.1, 0.15) is 17.4 Å². The molecule has 2 N–H and O–H groups in total. The Balaban J connectivity index is 1.57. The van der Waals surface area contributed by atoms with Crippen LogP contribution in [0.5, 0.6) is 11.5 Å². The van der Waals surface area contributed by atoms with E-state index in [1.807, 2.05) is 31.2 Å². The van der Waals surface area contributed by atoms with Crippen molar-refractivity contribution in [2.45, 2.75) is 25.6 Å². The van der Waals surface area contributed by atoms with E-state index in [0.717, 1.165) is 5.56 Å². The van der Waals surface area contributed by atoms with Gasteiger partial charge in [0.2, 0.25) is 11.6 Å². The smallest absolute Gasteiger partial charge is 0.325 e. The van der Waals surface area contributed by atoms with Crippen molar-refractivity contribution >= 4 is 34.9 Å². The van der Waals surface area contributed by atoms with Crippen LogP contribution in [0.3, 0.4) is 0 Å². The minimum Gasteiger partial charge on any atom is -0.494 e. The molecule has 0 aromatic heterocycles. The molecule has 2 bridgehead atoms. The van der Waals surface area contributed by atoms with E-state index in [1.54, 1.807) is 55.5 Å². The molecule has 0 unspecified atom stereocenters. The van der Waals surface area contributed by atoms with Gasteiger partial charge in [0.15, 0.2) is 0 Å². The number of halogens is 1. The molecule has 174 valence electrons. The van der Waals surface area contributed by atoms with E-state index in [4.69, 9.17) is 21.1 Å². The first kappa shape index (κ1) is 22.1. The summed E-state index contributed by atoms with van der Waals surface area (Å²) in [5.74, 6) is 0.294. The number of urea groups is 1. The van der Waals surface area contributed by atoms with E-state index in [0.29, 0.717) is 34.5 Å². The number of anilines is 2. The zero-order valence-corrected chi connectivity index (χ0v) is 19.5. The van der Waals surface area contributed by atoms with Gasteiger partial charge in [0.25, 0.3) is 0 Å². The van der Waals surface area contributed by atoms with E-state index in [1.165, 1.54) is 4.90 Å². The Morgan fingerprint density at radius 1 is 1.12 bits per heavy atom. The Labute approximate surface area is 202 Å². The van der Waals surface area contributed by atoms with Crippen LogP contribution in [0.15, 0.2) is 72.8 Å². The van der Waals surface area contributed by atoms with E-state index >= 15 is 0 Å². The summed E-state index contributed by atoms with van der Waals surface area (Å²) in [6, 6.07) is 20.6. The Kier molecular flexibility index (Phi) is 5.57. The predicted octanol–water partition coefficient (Wildman–Crippen LogP) is 5.37. The van der Waals surface area contributed by atoms with Crippen LogP contribution in [-0.4, -0.2) is 24.3 Å². The molecule has 34 heavy (non-hydrogen) atoms. The molecule has 8 heteroatoms. The number of hydrogen-bond acceptors (Lipinski definition) is 4. The van der Waals surface area contributed by atoms with E-state index in [2.05, 4.69) is 10.6 Å². The summed E-state index contributed by atoms with van der Waals surface area (Å²) in [6.45, 7) is 4.22. The van der Waals surface area contributed by atoms with Gasteiger partial charge in [0, 0.05) is 22.0 Å². The van der Waals surface area contributed by atoms with Crippen molar-refractivity contribution in [2.24, 2.45) is 5.92 Å². The van der Waals surface area contributed by atoms with E-state index < -0.39 is 17.7 Å². The number of nitrogens with zero attached hydrogens (tertiary/aromatic N) is 1. The molecule has 2 heterocycles. The number of amides is 3. The topological polar surface area (TPSA) is 79.9 Å². The average Bonchev–Trinajstić information content (AvgIpc) is 2.81. The van der Waals surface area contributed by atoms with Crippen LogP contribution in [0.4, 0.5) is 16.2 Å². The highest BCUT2D eigenvalue weighted by molar-refractivity contribution is 6.30. The summed E-state index contributed by atoms with van der Waals surface area (Å²) < 4.78 is 12.0. The largest absolute Gasteiger partial charge is 0.494 e. The lowest BCUT2D eigenvalue weighted by atomic mass is 9.78. The summed E-state index contributed by atoms with van der Waals surface area (Å²) in [5.41, 5.74) is 0.667. The molecule has 0 spiro atoms. The lowest BCUT2D eigenvalue weighted by molar-refractivity contribution is -0.131. The van der Waals surface area contributed by atoms with E-state index in [9.17, 15) is 9.59 Å². The molecule has 1 fully saturated rings. The first-order chi connectivity index (χ1) is 16.4. The standard InChI is InChI=1S/C26H24ClN3O4/c1-3-33-19-14-12-18(13-15-19)30-25(32)29-23-20-6-4-5-7-21(20)34-26(30,2)22(23)24(31)28-17-10-8-16(27)9-11-17/h4-15,22-23H,3H2,1-2H3,(H,28,31)(H,29,32)/t22-,23-,26-/m0/s1. The van der Waals surface area contributed by atoms with Gasteiger partial charge in [-0.15, -0.1) is 0 Å². The Hall–Kier alpha value is -3.71. The number of hydrogen-bond donors (Lipinski definition) is 2.